The van der Waals surface area contributed by atoms with Crippen LogP contribution >= 0.6 is 23.1 Å². The number of carboxylic acid groups (broad SMARTS) is 1. The van der Waals surface area contributed by atoms with E-state index in [4.69, 9.17) is 5.11 Å². The molecule has 2 amide bonds. The maximum atomic E-state index is 11.8. The van der Waals surface area contributed by atoms with Crippen LogP contribution in [0.1, 0.15) is 24.3 Å². The molecule has 3 N–H and O–H groups in total. The molecule has 5 nitrogen and oxygen atoms in total. The Kier molecular flexibility index (Phi) is 6.72. The van der Waals surface area contributed by atoms with Gasteiger partial charge in [-0.1, -0.05) is 13.0 Å². The number of carbonyl (C=O) groups is 2. The zero-order valence-electron chi connectivity index (χ0n) is 10.9. The van der Waals surface area contributed by atoms with Crippen LogP contribution in [0, 0.1) is 0 Å². The van der Waals surface area contributed by atoms with Crippen molar-refractivity contribution < 1.29 is 14.7 Å². The van der Waals surface area contributed by atoms with Crippen molar-refractivity contribution in [1.29, 1.82) is 0 Å². The first kappa shape index (κ1) is 15.8. The summed E-state index contributed by atoms with van der Waals surface area (Å²) < 4.78 is 0. The first-order chi connectivity index (χ1) is 9.08. The van der Waals surface area contributed by atoms with Gasteiger partial charge >= 0.3 is 12.0 Å². The molecule has 1 heterocycles. The van der Waals surface area contributed by atoms with E-state index in [1.54, 1.807) is 29.3 Å². The molecular weight excluding hydrogens is 284 g/mol. The molecule has 1 aromatic heterocycles. The number of carboxylic acids is 1. The van der Waals surface area contributed by atoms with Crippen molar-refractivity contribution in [3.63, 3.8) is 0 Å². The van der Waals surface area contributed by atoms with Crippen molar-refractivity contribution in [2.24, 2.45) is 0 Å². The zero-order valence-corrected chi connectivity index (χ0v) is 12.5. The Morgan fingerprint density at radius 3 is 2.68 bits per heavy atom. The van der Waals surface area contributed by atoms with Crippen LogP contribution in [0.2, 0.25) is 0 Å². The molecule has 0 aliphatic carbocycles. The number of rotatable bonds is 7. The number of hydrogen-bond acceptors (Lipinski definition) is 4. The molecule has 0 saturated heterocycles. The van der Waals surface area contributed by atoms with Gasteiger partial charge in [-0.3, -0.25) is 0 Å². The second-order valence-corrected chi connectivity index (χ2v) is 5.85. The van der Waals surface area contributed by atoms with E-state index in [-0.39, 0.29) is 6.04 Å². The van der Waals surface area contributed by atoms with E-state index in [1.165, 1.54) is 11.3 Å². The number of nitrogens with one attached hydrogen (secondary N) is 2. The Bertz CT molecular complexity index is 409. The second-order valence-electron chi connectivity index (χ2n) is 3.96. The van der Waals surface area contributed by atoms with Crippen molar-refractivity contribution in [1.82, 2.24) is 10.6 Å². The standard InChI is InChI=1S/C12H18N2O3S2/c1-3-8(7-18-2)13-12(17)14-10(11(15)16)9-5-4-6-19-9/h4-6,8,10H,3,7H2,1-2H3,(H,15,16)(H2,13,14,17). The van der Waals surface area contributed by atoms with Crippen LogP contribution in [0.4, 0.5) is 4.79 Å². The molecule has 0 radical (unpaired) electrons. The van der Waals surface area contributed by atoms with Crippen LogP contribution in [-0.4, -0.2) is 35.2 Å². The summed E-state index contributed by atoms with van der Waals surface area (Å²) in [6.45, 7) is 1.98. The summed E-state index contributed by atoms with van der Waals surface area (Å²) in [5, 5.41) is 16.2. The molecule has 2 atom stereocenters. The van der Waals surface area contributed by atoms with Crippen LogP contribution in [0.25, 0.3) is 0 Å². The molecule has 106 valence electrons. The van der Waals surface area contributed by atoms with Gasteiger partial charge in [0, 0.05) is 16.7 Å². The first-order valence-electron chi connectivity index (χ1n) is 5.90. The lowest BCUT2D eigenvalue weighted by Gasteiger charge is -2.19. The van der Waals surface area contributed by atoms with E-state index in [0.717, 1.165) is 12.2 Å². The molecule has 1 rings (SSSR count). The maximum absolute atomic E-state index is 11.8. The molecule has 0 fully saturated rings. The number of hydrogen-bond donors (Lipinski definition) is 3. The minimum absolute atomic E-state index is 0.0489. The monoisotopic (exact) mass is 302 g/mol. The van der Waals surface area contributed by atoms with Crippen LogP contribution < -0.4 is 10.6 Å². The summed E-state index contributed by atoms with van der Waals surface area (Å²) in [7, 11) is 0. The van der Waals surface area contributed by atoms with Crippen LogP contribution in [0.3, 0.4) is 0 Å². The third-order valence-corrected chi connectivity index (χ3v) is 4.22. The lowest BCUT2D eigenvalue weighted by molar-refractivity contribution is -0.139. The van der Waals surface area contributed by atoms with E-state index in [0.29, 0.717) is 4.88 Å². The lowest BCUT2D eigenvalue weighted by atomic mass is 10.2. The number of carbonyl (C=O) groups excluding carboxylic acids is 1. The van der Waals surface area contributed by atoms with E-state index < -0.39 is 18.0 Å². The van der Waals surface area contributed by atoms with E-state index >= 15 is 0 Å². The molecule has 1 aromatic rings. The summed E-state index contributed by atoms with van der Waals surface area (Å²) >= 11 is 2.95. The largest absolute Gasteiger partial charge is 0.479 e. The molecule has 0 saturated carbocycles. The minimum Gasteiger partial charge on any atom is -0.479 e. The van der Waals surface area contributed by atoms with Gasteiger partial charge in [-0.05, 0) is 24.1 Å². The molecule has 2 unspecified atom stereocenters. The van der Waals surface area contributed by atoms with Crippen molar-refractivity contribution in [3.8, 4) is 0 Å². The van der Waals surface area contributed by atoms with E-state index in [9.17, 15) is 9.59 Å². The summed E-state index contributed by atoms with van der Waals surface area (Å²) in [5.41, 5.74) is 0. The first-order valence-corrected chi connectivity index (χ1v) is 8.18. The third-order valence-electron chi connectivity index (χ3n) is 2.55. The molecule has 7 heteroatoms. The maximum Gasteiger partial charge on any atom is 0.331 e. The Labute approximate surface area is 120 Å². The molecule has 0 bridgehead atoms. The van der Waals surface area contributed by atoms with Gasteiger partial charge in [0.1, 0.15) is 0 Å². The van der Waals surface area contributed by atoms with Gasteiger partial charge in [-0.25, -0.2) is 9.59 Å². The fourth-order valence-corrected chi connectivity index (χ4v) is 3.02. The summed E-state index contributed by atoms with van der Waals surface area (Å²) in [5.74, 6) is -0.253. The molecule has 0 spiro atoms. The van der Waals surface area contributed by atoms with E-state index in [2.05, 4.69) is 10.6 Å². The number of amides is 2. The number of thiophene rings is 1. The fourth-order valence-electron chi connectivity index (χ4n) is 1.53. The zero-order chi connectivity index (χ0) is 14.3. The SMILES string of the molecule is CCC(CSC)NC(=O)NC(C(=O)O)c1cccs1. The highest BCUT2D eigenvalue weighted by molar-refractivity contribution is 7.98. The minimum atomic E-state index is -1.06. The van der Waals surface area contributed by atoms with Gasteiger partial charge in [-0.15, -0.1) is 11.3 Å². The quantitative estimate of drug-likeness (QED) is 0.722. The van der Waals surface area contributed by atoms with Crippen LogP contribution in [-0.2, 0) is 4.79 Å². The number of aliphatic carboxylic acids is 1. The van der Waals surface area contributed by atoms with Crippen molar-refractivity contribution in [2.45, 2.75) is 25.4 Å². The Morgan fingerprint density at radius 2 is 2.21 bits per heavy atom. The van der Waals surface area contributed by atoms with Crippen LogP contribution in [0.5, 0.6) is 0 Å². The molecular formula is C12H18N2O3S2. The Hall–Kier alpha value is -1.21. The fraction of sp³-hybridized carbons (Fsp3) is 0.500. The lowest BCUT2D eigenvalue weighted by Crippen LogP contribution is -2.45. The predicted molar refractivity (Wildman–Crippen MR) is 78.8 cm³/mol. The summed E-state index contributed by atoms with van der Waals surface area (Å²) in [4.78, 5) is 23.6. The molecule has 0 aromatic carbocycles. The van der Waals surface area contributed by atoms with Crippen molar-refractivity contribution >= 4 is 35.1 Å². The average molecular weight is 302 g/mol. The highest BCUT2D eigenvalue weighted by atomic mass is 32.2. The van der Waals surface area contributed by atoms with Gasteiger partial charge in [0.05, 0.1) is 0 Å². The highest BCUT2D eigenvalue weighted by Crippen LogP contribution is 2.19. The highest BCUT2D eigenvalue weighted by Gasteiger charge is 2.23. The van der Waals surface area contributed by atoms with Gasteiger partial charge < -0.3 is 15.7 Å². The number of thioether (sulfide) groups is 1. The van der Waals surface area contributed by atoms with Gasteiger partial charge in [0.15, 0.2) is 6.04 Å². The van der Waals surface area contributed by atoms with Gasteiger partial charge in [0.25, 0.3) is 0 Å². The summed E-state index contributed by atoms with van der Waals surface area (Å²) in [6, 6.07) is 2.07. The second kappa shape index (κ2) is 8.06. The normalized spacial score (nSPS) is 13.6. The molecule has 0 aliphatic rings. The number of urea groups is 1. The van der Waals surface area contributed by atoms with Crippen LogP contribution in [0.15, 0.2) is 17.5 Å². The van der Waals surface area contributed by atoms with Gasteiger partial charge in [0.2, 0.25) is 0 Å². The molecule has 0 aliphatic heterocycles. The summed E-state index contributed by atoms with van der Waals surface area (Å²) in [6.07, 6.45) is 2.78. The topological polar surface area (TPSA) is 78.4 Å². The average Bonchev–Trinajstić information content (AvgIpc) is 2.88. The van der Waals surface area contributed by atoms with Crippen molar-refractivity contribution in [3.05, 3.63) is 22.4 Å². The predicted octanol–water partition coefficient (Wildman–Crippen LogP) is 2.31. The van der Waals surface area contributed by atoms with Gasteiger partial charge in [-0.2, -0.15) is 11.8 Å². The molecule has 19 heavy (non-hydrogen) atoms. The Balaban J connectivity index is 2.60. The Morgan fingerprint density at radius 1 is 1.47 bits per heavy atom. The van der Waals surface area contributed by atoms with E-state index in [1.807, 2.05) is 13.2 Å². The smallest absolute Gasteiger partial charge is 0.331 e. The third kappa shape index (κ3) is 5.12. The van der Waals surface area contributed by atoms with Crippen molar-refractivity contribution in [2.75, 3.05) is 12.0 Å².